The van der Waals surface area contributed by atoms with E-state index < -0.39 is 5.79 Å². The Morgan fingerprint density at radius 2 is 1.96 bits per heavy atom. The zero-order chi connectivity index (χ0) is 18.6. The molecule has 0 radical (unpaired) electrons. The van der Waals surface area contributed by atoms with Crippen LogP contribution in [0.25, 0.3) is 21.7 Å². The molecular weight excluding hydrogens is 374 g/mol. The third kappa shape index (κ3) is 2.62. The topological polar surface area (TPSA) is 73.3 Å². The smallest absolute Gasteiger partial charge is 0.187 e. The highest BCUT2D eigenvalue weighted by molar-refractivity contribution is 7.19. The Morgan fingerprint density at radius 3 is 2.82 bits per heavy atom. The number of anilines is 1. The summed E-state index contributed by atoms with van der Waals surface area (Å²) in [6, 6.07) is 0. The van der Waals surface area contributed by atoms with E-state index in [0.29, 0.717) is 31.3 Å². The van der Waals surface area contributed by atoms with Crippen molar-refractivity contribution in [2.75, 3.05) is 31.2 Å². The van der Waals surface area contributed by atoms with Crippen LogP contribution >= 0.6 is 11.3 Å². The van der Waals surface area contributed by atoms with E-state index >= 15 is 0 Å². The van der Waals surface area contributed by atoms with Gasteiger partial charge >= 0.3 is 0 Å². The number of thiophene rings is 1. The van der Waals surface area contributed by atoms with Gasteiger partial charge in [0.2, 0.25) is 0 Å². The number of fused-ring (bicyclic) bond motifs is 3. The fourth-order valence-corrected chi connectivity index (χ4v) is 5.82. The summed E-state index contributed by atoms with van der Waals surface area (Å²) in [6.07, 6.45) is 10.7. The molecule has 2 saturated heterocycles. The molecule has 3 aromatic rings. The van der Waals surface area contributed by atoms with Crippen molar-refractivity contribution in [1.82, 2.24) is 19.9 Å². The number of rotatable bonds is 2. The summed E-state index contributed by atoms with van der Waals surface area (Å²) in [4.78, 5) is 23.4. The Morgan fingerprint density at radius 1 is 1.07 bits per heavy atom. The molecule has 144 valence electrons. The van der Waals surface area contributed by atoms with E-state index in [1.54, 1.807) is 18.6 Å². The summed E-state index contributed by atoms with van der Waals surface area (Å²) in [5, 5.41) is 1.22. The van der Waals surface area contributed by atoms with Crippen LogP contribution in [0.3, 0.4) is 0 Å². The Labute approximate surface area is 166 Å². The SMILES string of the molecule is c1cnc(-c2nc(N3CCC4(C3)OCCO4)c3c4c(sc3n2)CCCC4)cn1. The Kier molecular flexibility index (Phi) is 3.85. The summed E-state index contributed by atoms with van der Waals surface area (Å²) in [5.41, 5.74) is 2.15. The predicted octanol–water partition coefficient (Wildman–Crippen LogP) is 2.98. The second-order valence-corrected chi connectivity index (χ2v) is 8.72. The molecule has 8 heteroatoms. The number of nitrogens with zero attached hydrogens (tertiary/aromatic N) is 5. The number of hydrogen-bond acceptors (Lipinski definition) is 8. The van der Waals surface area contributed by atoms with Crippen molar-refractivity contribution < 1.29 is 9.47 Å². The van der Waals surface area contributed by atoms with Gasteiger partial charge in [-0.2, -0.15) is 0 Å². The standard InChI is InChI=1S/C20H21N5O2S/c1-2-4-15-13(3-1)16-18(25-8-5-20(12-25)26-9-10-27-20)23-17(24-19(16)28-15)14-11-21-6-7-22-14/h6-7,11H,1-5,8-10,12H2. The molecule has 1 aliphatic carbocycles. The zero-order valence-corrected chi connectivity index (χ0v) is 16.4. The van der Waals surface area contributed by atoms with Crippen LogP contribution in [0.1, 0.15) is 29.7 Å². The first kappa shape index (κ1) is 16.8. The second kappa shape index (κ2) is 6.43. The van der Waals surface area contributed by atoms with Gasteiger partial charge in [-0.3, -0.25) is 4.98 Å². The molecule has 2 aliphatic heterocycles. The normalized spacial score (nSPS) is 20.9. The highest BCUT2D eigenvalue weighted by atomic mass is 32.1. The van der Waals surface area contributed by atoms with Gasteiger partial charge < -0.3 is 14.4 Å². The molecule has 0 atom stereocenters. The Bertz CT molecular complexity index is 1030. The molecule has 1 spiro atoms. The number of aryl methyl sites for hydroxylation is 2. The molecule has 3 aromatic heterocycles. The lowest BCUT2D eigenvalue weighted by Crippen LogP contribution is -2.34. The van der Waals surface area contributed by atoms with Crippen molar-refractivity contribution in [2.45, 2.75) is 37.9 Å². The van der Waals surface area contributed by atoms with E-state index in [1.807, 2.05) is 11.3 Å². The number of hydrogen-bond donors (Lipinski definition) is 0. The fourth-order valence-electron chi connectivity index (χ4n) is 4.56. The van der Waals surface area contributed by atoms with Crippen LogP contribution in [0, 0.1) is 0 Å². The number of aromatic nitrogens is 4. The predicted molar refractivity (Wildman–Crippen MR) is 107 cm³/mol. The van der Waals surface area contributed by atoms with Gasteiger partial charge in [0.25, 0.3) is 0 Å². The molecule has 28 heavy (non-hydrogen) atoms. The molecule has 7 nitrogen and oxygen atoms in total. The first-order chi connectivity index (χ1) is 13.8. The van der Waals surface area contributed by atoms with Gasteiger partial charge in [0.1, 0.15) is 16.3 Å². The van der Waals surface area contributed by atoms with E-state index in [0.717, 1.165) is 36.5 Å². The first-order valence-corrected chi connectivity index (χ1v) is 10.7. The molecule has 0 N–H and O–H groups in total. The van der Waals surface area contributed by atoms with Crippen LogP contribution < -0.4 is 4.90 Å². The molecule has 6 rings (SSSR count). The highest BCUT2D eigenvalue weighted by Gasteiger charge is 2.44. The van der Waals surface area contributed by atoms with E-state index in [2.05, 4.69) is 14.9 Å². The molecule has 5 heterocycles. The average molecular weight is 395 g/mol. The quantitative estimate of drug-likeness (QED) is 0.660. The third-order valence-electron chi connectivity index (χ3n) is 5.90. The molecule has 0 aromatic carbocycles. The van der Waals surface area contributed by atoms with Gasteiger partial charge in [-0.25, -0.2) is 15.0 Å². The lowest BCUT2D eigenvalue weighted by atomic mass is 9.97. The van der Waals surface area contributed by atoms with Crippen LogP contribution in [0.15, 0.2) is 18.6 Å². The summed E-state index contributed by atoms with van der Waals surface area (Å²) in [7, 11) is 0. The largest absolute Gasteiger partial charge is 0.350 e. The Hall–Kier alpha value is -2.16. The van der Waals surface area contributed by atoms with Crippen molar-refractivity contribution in [3.05, 3.63) is 29.0 Å². The second-order valence-electron chi connectivity index (χ2n) is 7.63. The molecule has 0 saturated carbocycles. The van der Waals surface area contributed by atoms with Crippen molar-refractivity contribution in [2.24, 2.45) is 0 Å². The maximum atomic E-state index is 5.95. The highest BCUT2D eigenvalue weighted by Crippen LogP contribution is 2.42. The minimum Gasteiger partial charge on any atom is -0.350 e. The molecule has 0 unspecified atom stereocenters. The van der Waals surface area contributed by atoms with E-state index in [4.69, 9.17) is 19.4 Å². The summed E-state index contributed by atoms with van der Waals surface area (Å²) >= 11 is 1.82. The molecule has 2 fully saturated rings. The van der Waals surface area contributed by atoms with E-state index in [1.165, 1.54) is 28.7 Å². The van der Waals surface area contributed by atoms with Crippen molar-refractivity contribution in [3.8, 4) is 11.5 Å². The molecule has 0 bridgehead atoms. The maximum Gasteiger partial charge on any atom is 0.187 e. The van der Waals surface area contributed by atoms with Crippen LogP contribution in [0.2, 0.25) is 0 Å². The van der Waals surface area contributed by atoms with Gasteiger partial charge in [0.05, 0.1) is 31.3 Å². The minimum atomic E-state index is -0.472. The zero-order valence-electron chi connectivity index (χ0n) is 15.6. The van der Waals surface area contributed by atoms with Gasteiger partial charge in [-0.1, -0.05) is 0 Å². The summed E-state index contributed by atoms with van der Waals surface area (Å²) < 4.78 is 11.9. The van der Waals surface area contributed by atoms with Crippen molar-refractivity contribution in [3.63, 3.8) is 0 Å². The van der Waals surface area contributed by atoms with Crippen molar-refractivity contribution >= 4 is 27.4 Å². The van der Waals surface area contributed by atoms with Crippen LogP contribution in [-0.2, 0) is 22.3 Å². The average Bonchev–Trinajstić information content (AvgIpc) is 3.47. The van der Waals surface area contributed by atoms with Crippen LogP contribution in [0.4, 0.5) is 5.82 Å². The summed E-state index contributed by atoms with van der Waals surface area (Å²) in [6.45, 7) is 2.93. The van der Waals surface area contributed by atoms with Crippen LogP contribution in [0.5, 0.6) is 0 Å². The van der Waals surface area contributed by atoms with E-state index in [9.17, 15) is 0 Å². The van der Waals surface area contributed by atoms with Gasteiger partial charge in [-0.15, -0.1) is 11.3 Å². The first-order valence-electron chi connectivity index (χ1n) is 9.93. The van der Waals surface area contributed by atoms with Gasteiger partial charge in [0, 0.05) is 30.2 Å². The van der Waals surface area contributed by atoms with Gasteiger partial charge in [-0.05, 0) is 31.2 Å². The van der Waals surface area contributed by atoms with Gasteiger partial charge in [0.15, 0.2) is 11.6 Å². The monoisotopic (exact) mass is 395 g/mol. The molecule has 0 amide bonds. The lowest BCUT2D eigenvalue weighted by molar-refractivity contribution is -0.137. The molecule has 3 aliphatic rings. The third-order valence-corrected chi connectivity index (χ3v) is 7.08. The molecular formula is C20H21N5O2S. The lowest BCUT2D eigenvalue weighted by Gasteiger charge is -2.24. The minimum absolute atomic E-state index is 0.472. The van der Waals surface area contributed by atoms with Crippen molar-refractivity contribution in [1.29, 1.82) is 0 Å². The fraction of sp³-hybridized carbons (Fsp3) is 0.500. The van der Waals surface area contributed by atoms with E-state index in [-0.39, 0.29) is 0 Å². The maximum absolute atomic E-state index is 5.95. The Balaban J connectivity index is 1.52. The summed E-state index contributed by atoms with van der Waals surface area (Å²) in [5.74, 6) is 1.17. The van der Waals surface area contributed by atoms with Crippen LogP contribution in [-0.4, -0.2) is 52.0 Å². The number of ether oxygens (including phenoxy) is 2.